The Kier molecular flexibility index (Phi) is 6.47. The van der Waals surface area contributed by atoms with Gasteiger partial charge in [0.05, 0.1) is 33.5 Å². The first kappa shape index (κ1) is 30.6. The number of nitrogens with zero attached hydrogens (tertiary/aromatic N) is 8. The van der Waals surface area contributed by atoms with E-state index in [-0.39, 0.29) is 0 Å². The van der Waals surface area contributed by atoms with E-state index in [0.29, 0.717) is 0 Å². The summed E-state index contributed by atoms with van der Waals surface area (Å²) in [5, 5.41) is 12.1. The van der Waals surface area contributed by atoms with Gasteiger partial charge in [0.2, 0.25) is 0 Å². The second-order valence-electron chi connectivity index (χ2n) is 14.0. The zero-order valence-electron chi connectivity index (χ0n) is 29.6. The monoisotopic (exact) mass is 714 g/mol. The minimum atomic E-state index is 0.732. The normalized spacial score (nSPS) is 11.9. The summed E-state index contributed by atoms with van der Waals surface area (Å²) in [7, 11) is 0. The standard InChI is InChI=1S/C48H26N8/c1-4-28-7-8-30-21-41(55-26-37(30)44(28)52-15-1)48-43(38-23-51-25-40-32(38)11-10-29-5-2-16-53-45(29)40)42(34-12-9-27-13-18-49-22-36(27)47(34)56-48)35-20-31-6-3-17-54-46(31)39-24-50-19-14-33(35)39/h1-26H. The average molecular weight is 715 g/mol. The smallest absolute Gasteiger partial charge is 0.0979 e. The fourth-order valence-corrected chi connectivity index (χ4v) is 8.51. The van der Waals surface area contributed by atoms with Gasteiger partial charge < -0.3 is 0 Å². The van der Waals surface area contributed by atoms with Gasteiger partial charge >= 0.3 is 0 Å². The second kappa shape index (κ2) is 11.8. The van der Waals surface area contributed by atoms with Crippen molar-refractivity contribution in [2.24, 2.45) is 0 Å². The average Bonchev–Trinajstić information content (AvgIpc) is 3.27. The third-order valence-electron chi connectivity index (χ3n) is 11.0. The lowest BCUT2D eigenvalue weighted by Crippen LogP contribution is -2.00. The van der Waals surface area contributed by atoms with E-state index >= 15 is 0 Å². The molecular formula is C48H26N8. The van der Waals surface area contributed by atoms with Crippen LogP contribution in [0.3, 0.4) is 0 Å². The molecule has 12 rings (SSSR count). The molecule has 0 amide bonds. The zero-order chi connectivity index (χ0) is 36.7. The second-order valence-corrected chi connectivity index (χ2v) is 14.0. The van der Waals surface area contributed by atoms with E-state index in [4.69, 9.17) is 29.9 Å². The van der Waals surface area contributed by atoms with Gasteiger partial charge in [-0.3, -0.25) is 34.9 Å². The first-order chi connectivity index (χ1) is 27.8. The molecule has 8 heteroatoms. The first-order valence-electron chi connectivity index (χ1n) is 18.4. The third kappa shape index (κ3) is 4.47. The summed E-state index contributed by atoms with van der Waals surface area (Å²) in [6, 6.07) is 33.6. The van der Waals surface area contributed by atoms with E-state index in [9.17, 15) is 0 Å². The maximum atomic E-state index is 5.63. The van der Waals surface area contributed by atoms with Crippen LogP contribution in [0.15, 0.2) is 159 Å². The van der Waals surface area contributed by atoms with Crippen molar-refractivity contribution in [2.45, 2.75) is 0 Å². The topological polar surface area (TPSA) is 103 Å². The van der Waals surface area contributed by atoms with Crippen LogP contribution in [0.2, 0.25) is 0 Å². The van der Waals surface area contributed by atoms with Crippen LogP contribution in [-0.4, -0.2) is 39.9 Å². The molecule has 0 N–H and O–H groups in total. The third-order valence-corrected chi connectivity index (χ3v) is 11.0. The number of benzene rings is 4. The van der Waals surface area contributed by atoms with Gasteiger partial charge in [-0.2, -0.15) is 0 Å². The summed E-state index contributed by atoms with van der Waals surface area (Å²) in [6.07, 6.45) is 18.8. The van der Waals surface area contributed by atoms with Crippen molar-refractivity contribution in [2.75, 3.05) is 0 Å². The Balaban J connectivity index is 1.31. The molecule has 0 aliphatic heterocycles. The van der Waals surface area contributed by atoms with Gasteiger partial charge in [-0.25, -0.2) is 4.98 Å². The Bertz CT molecular complexity index is 3620. The molecule has 0 unspecified atom stereocenters. The highest BCUT2D eigenvalue weighted by molar-refractivity contribution is 6.23. The minimum Gasteiger partial charge on any atom is -0.264 e. The molecule has 0 spiro atoms. The largest absolute Gasteiger partial charge is 0.264 e. The molecule has 0 fully saturated rings. The lowest BCUT2D eigenvalue weighted by Gasteiger charge is -2.21. The predicted molar refractivity (Wildman–Crippen MR) is 225 cm³/mol. The van der Waals surface area contributed by atoms with Crippen molar-refractivity contribution in [1.29, 1.82) is 0 Å². The van der Waals surface area contributed by atoms with Crippen LogP contribution in [0.1, 0.15) is 0 Å². The summed E-state index contributed by atoms with van der Waals surface area (Å²) >= 11 is 0. The zero-order valence-corrected chi connectivity index (χ0v) is 29.6. The number of hydrogen-bond donors (Lipinski definition) is 0. The maximum Gasteiger partial charge on any atom is 0.0979 e. The molecule has 12 aromatic rings. The molecular weight excluding hydrogens is 689 g/mol. The Hall–Kier alpha value is -7.84. The quantitative estimate of drug-likeness (QED) is 0.167. The summed E-state index contributed by atoms with van der Waals surface area (Å²) in [4.78, 5) is 39.3. The minimum absolute atomic E-state index is 0.732. The van der Waals surface area contributed by atoms with E-state index in [1.54, 1.807) is 0 Å². The van der Waals surface area contributed by atoms with E-state index in [0.717, 1.165) is 120 Å². The molecule has 4 aromatic carbocycles. The Labute approximate surface area is 318 Å². The summed E-state index contributed by atoms with van der Waals surface area (Å²) < 4.78 is 0. The number of hydrogen-bond acceptors (Lipinski definition) is 8. The van der Waals surface area contributed by atoms with Crippen LogP contribution in [-0.2, 0) is 0 Å². The van der Waals surface area contributed by atoms with Crippen LogP contribution < -0.4 is 0 Å². The highest BCUT2D eigenvalue weighted by atomic mass is 14.8. The van der Waals surface area contributed by atoms with Gasteiger partial charge in [0, 0.05) is 122 Å². The molecule has 56 heavy (non-hydrogen) atoms. The summed E-state index contributed by atoms with van der Waals surface area (Å²) in [6.45, 7) is 0. The molecule has 0 saturated carbocycles. The Morgan fingerprint density at radius 1 is 0.321 bits per heavy atom. The molecule has 0 radical (unpaired) electrons. The predicted octanol–water partition coefficient (Wildman–Crippen LogP) is 11.1. The molecule has 0 saturated heterocycles. The van der Waals surface area contributed by atoms with E-state index in [1.165, 1.54) is 0 Å². The number of pyridine rings is 8. The van der Waals surface area contributed by atoms with Crippen LogP contribution in [0.25, 0.3) is 120 Å². The fourth-order valence-electron chi connectivity index (χ4n) is 8.51. The maximum absolute atomic E-state index is 5.63. The van der Waals surface area contributed by atoms with E-state index in [2.05, 4.69) is 82.8 Å². The van der Waals surface area contributed by atoms with Crippen molar-refractivity contribution in [3.8, 4) is 33.6 Å². The number of rotatable bonds is 3. The van der Waals surface area contributed by atoms with Crippen molar-refractivity contribution >= 4 is 86.7 Å². The molecule has 8 heterocycles. The summed E-state index contributed by atoms with van der Waals surface area (Å²) in [5.74, 6) is 0. The van der Waals surface area contributed by atoms with Crippen molar-refractivity contribution in [1.82, 2.24) is 39.9 Å². The van der Waals surface area contributed by atoms with Crippen LogP contribution in [0, 0.1) is 0 Å². The van der Waals surface area contributed by atoms with Gasteiger partial charge in [0.15, 0.2) is 0 Å². The van der Waals surface area contributed by atoms with E-state index in [1.807, 2.05) is 86.2 Å². The van der Waals surface area contributed by atoms with Crippen molar-refractivity contribution in [3.63, 3.8) is 0 Å². The van der Waals surface area contributed by atoms with Gasteiger partial charge in [-0.05, 0) is 69.6 Å². The molecule has 0 aliphatic rings. The van der Waals surface area contributed by atoms with Gasteiger partial charge in [0.25, 0.3) is 0 Å². The molecule has 0 atom stereocenters. The number of fused-ring (bicyclic) bond motifs is 12. The fraction of sp³-hybridized carbons (Fsp3) is 0. The molecule has 8 aromatic heterocycles. The lowest BCUT2D eigenvalue weighted by molar-refractivity contribution is 1.29. The van der Waals surface area contributed by atoms with Crippen molar-refractivity contribution < 1.29 is 0 Å². The molecule has 0 aliphatic carbocycles. The lowest BCUT2D eigenvalue weighted by atomic mass is 9.85. The van der Waals surface area contributed by atoms with Crippen LogP contribution in [0.4, 0.5) is 0 Å². The number of aromatic nitrogens is 8. The Morgan fingerprint density at radius 3 is 1.75 bits per heavy atom. The van der Waals surface area contributed by atoms with Gasteiger partial charge in [0.1, 0.15) is 0 Å². The molecule has 258 valence electrons. The molecule has 0 bridgehead atoms. The SMILES string of the molecule is c1cnc2c(c1)ccc1cc(-c3nc4c(ccc5ccncc54)c(-c4cc5cccnc5c5cnccc45)c3-c3cncc4c3ccc3cccnc34)ncc12. The van der Waals surface area contributed by atoms with Gasteiger partial charge in [-0.1, -0.05) is 54.6 Å². The van der Waals surface area contributed by atoms with E-state index < -0.39 is 0 Å². The highest BCUT2D eigenvalue weighted by Crippen LogP contribution is 2.49. The van der Waals surface area contributed by atoms with Crippen LogP contribution >= 0.6 is 0 Å². The van der Waals surface area contributed by atoms with Crippen LogP contribution in [0.5, 0.6) is 0 Å². The summed E-state index contributed by atoms with van der Waals surface area (Å²) in [5.41, 5.74) is 8.89. The van der Waals surface area contributed by atoms with Crippen molar-refractivity contribution in [3.05, 3.63) is 159 Å². The first-order valence-corrected chi connectivity index (χ1v) is 18.4. The highest BCUT2D eigenvalue weighted by Gasteiger charge is 2.26. The van der Waals surface area contributed by atoms with Gasteiger partial charge in [-0.15, -0.1) is 0 Å². The molecule has 8 nitrogen and oxygen atoms in total. The Morgan fingerprint density at radius 2 is 0.929 bits per heavy atom.